The van der Waals surface area contributed by atoms with Crippen molar-refractivity contribution >= 4 is 27.0 Å². The summed E-state index contributed by atoms with van der Waals surface area (Å²) in [5, 5.41) is 7.88. The lowest BCUT2D eigenvalue weighted by atomic mass is 10.3. The van der Waals surface area contributed by atoms with Crippen LogP contribution in [0, 0.1) is 0 Å². The molecule has 68 valence electrons. The molecule has 2 aromatic rings. The maximum atomic E-state index is 5.14. The molecule has 1 aromatic carbocycles. The molecule has 2 rings (SSSR count). The molecule has 0 spiro atoms. The number of nitrogens with zero attached hydrogens (tertiary/aromatic N) is 3. The van der Waals surface area contributed by atoms with Crippen LogP contribution in [0.4, 0.5) is 0 Å². The van der Waals surface area contributed by atoms with Gasteiger partial charge in [0.2, 0.25) is 0 Å². The van der Waals surface area contributed by atoms with Gasteiger partial charge in [0, 0.05) is 13.1 Å². The van der Waals surface area contributed by atoms with Gasteiger partial charge >= 0.3 is 0 Å². The molecule has 4 nitrogen and oxygen atoms in total. The number of aromatic nitrogens is 3. The summed E-state index contributed by atoms with van der Waals surface area (Å²) in [4.78, 5) is 0. The van der Waals surface area contributed by atoms with Crippen LogP contribution in [0.2, 0.25) is 0 Å². The third-order valence-corrected chi connectivity index (χ3v) is 2.50. The highest BCUT2D eigenvalue weighted by Crippen LogP contribution is 2.28. The van der Waals surface area contributed by atoms with Gasteiger partial charge in [-0.2, -0.15) is 0 Å². The zero-order valence-corrected chi connectivity index (χ0v) is 8.87. The topological polar surface area (TPSA) is 39.9 Å². The number of rotatable bonds is 1. The molecule has 0 N–H and O–H groups in total. The fourth-order valence-corrected chi connectivity index (χ4v) is 1.68. The van der Waals surface area contributed by atoms with Crippen LogP contribution >= 0.6 is 15.9 Å². The number of ether oxygens (including phenoxy) is 1. The molecule has 0 bridgehead atoms. The van der Waals surface area contributed by atoms with Gasteiger partial charge < -0.3 is 4.74 Å². The van der Waals surface area contributed by atoms with Crippen LogP contribution in [0.1, 0.15) is 0 Å². The van der Waals surface area contributed by atoms with Crippen molar-refractivity contribution < 1.29 is 4.74 Å². The van der Waals surface area contributed by atoms with Gasteiger partial charge in [-0.25, -0.2) is 4.68 Å². The molecule has 0 aliphatic rings. The summed E-state index contributed by atoms with van der Waals surface area (Å²) in [6, 6.07) is 3.79. The second-order valence-corrected chi connectivity index (χ2v) is 3.54. The zero-order chi connectivity index (χ0) is 9.42. The quantitative estimate of drug-likeness (QED) is 0.764. The molecule has 0 aliphatic heterocycles. The van der Waals surface area contributed by atoms with E-state index in [0.29, 0.717) is 0 Å². The van der Waals surface area contributed by atoms with Crippen molar-refractivity contribution in [1.29, 1.82) is 0 Å². The Morgan fingerprint density at radius 3 is 2.92 bits per heavy atom. The lowest BCUT2D eigenvalue weighted by molar-refractivity contribution is 0.412. The molecule has 0 unspecified atom stereocenters. The minimum Gasteiger partial charge on any atom is -0.495 e. The van der Waals surface area contributed by atoms with E-state index in [1.807, 2.05) is 19.2 Å². The molecule has 1 aromatic heterocycles. The van der Waals surface area contributed by atoms with Gasteiger partial charge in [-0.05, 0) is 22.0 Å². The van der Waals surface area contributed by atoms with Crippen LogP contribution < -0.4 is 4.74 Å². The van der Waals surface area contributed by atoms with Gasteiger partial charge in [-0.15, -0.1) is 5.10 Å². The average molecular weight is 242 g/mol. The number of aryl methyl sites for hydroxylation is 1. The van der Waals surface area contributed by atoms with Gasteiger partial charge in [0.05, 0.1) is 17.1 Å². The van der Waals surface area contributed by atoms with E-state index in [4.69, 9.17) is 4.74 Å². The summed E-state index contributed by atoms with van der Waals surface area (Å²) < 4.78 is 7.77. The molecule has 5 heteroatoms. The molecule has 0 amide bonds. The average Bonchev–Trinajstić information content (AvgIpc) is 2.47. The fourth-order valence-electron chi connectivity index (χ4n) is 1.19. The SMILES string of the molecule is COc1cc2nnn(C)c2cc1Br. The molecule has 0 atom stereocenters. The maximum absolute atomic E-state index is 5.14. The van der Waals surface area contributed by atoms with Crippen LogP contribution in [0.5, 0.6) is 5.75 Å². The van der Waals surface area contributed by atoms with Crippen molar-refractivity contribution in [3.8, 4) is 5.75 Å². The monoisotopic (exact) mass is 241 g/mol. The van der Waals surface area contributed by atoms with E-state index >= 15 is 0 Å². The van der Waals surface area contributed by atoms with Gasteiger partial charge in [-0.1, -0.05) is 5.21 Å². The lowest BCUT2D eigenvalue weighted by Gasteiger charge is -2.01. The minimum absolute atomic E-state index is 0.771. The van der Waals surface area contributed by atoms with E-state index in [1.54, 1.807) is 11.8 Å². The van der Waals surface area contributed by atoms with Crippen molar-refractivity contribution in [2.75, 3.05) is 7.11 Å². The molecule has 0 saturated carbocycles. The molecule has 1 heterocycles. The first kappa shape index (κ1) is 8.50. The second-order valence-electron chi connectivity index (χ2n) is 2.69. The zero-order valence-electron chi connectivity index (χ0n) is 7.28. The van der Waals surface area contributed by atoms with E-state index < -0.39 is 0 Å². The smallest absolute Gasteiger partial charge is 0.135 e. The number of fused-ring (bicyclic) bond motifs is 1. The van der Waals surface area contributed by atoms with Crippen LogP contribution in [0.3, 0.4) is 0 Å². The summed E-state index contributed by atoms with van der Waals surface area (Å²) in [6.07, 6.45) is 0. The van der Waals surface area contributed by atoms with E-state index in [1.165, 1.54) is 0 Å². The Labute approximate surface area is 83.6 Å². The van der Waals surface area contributed by atoms with Crippen LogP contribution in [-0.4, -0.2) is 22.1 Å². The largest absolute Gasteiger partial charge is 0.495 e. The number of benzene rings is 1. The highest BCUT2D eigenvalue weighted by molar-refractivity contribution is 9.10. The predicted octanol–water partition coefficient (Wildman–Crippen LogP) is 1.74. The third kappa shape index (κ3) is 1.29. The summed E-state index contributed by atoms with van der Waals surface area (Å²) in [7, 11) is 3.48. The number of halogens is 1. The van der Waals surface area contributed by atoms with Gasteiger partial charge in [-0.3, -0.25) is 0 Å². The Morgan fingerprint density at radius 2 is 2.23 bits per heavy atom. The van der Waals surface area contributed by atoms with Crippen molar-refractivity contribution in [2.24, 2.45) is 7.05 Å². The summed E-state index contributed by atoms with van der Waals surface area (Å²) >= 11 is 3.40. The molecule has 0 fully saturated rings. The highest BCUT2D eigenvalue weighted by atomic mass is 79.9. The van der Waals surface area contributed by atoms with Gasteiger partial charge in [0.25, 0.3) is 0 Å². The first-order valence-corrected chi connectivity index (χ1v) is 4.54. The van der Waals surface area contributed by atoms with Gasteiger partial charge in [0.15, 0.2) is 0 Å². The Kier molecular flexibility index (Phi) is 1.95. The number of methoxy groups -OCH3 is 1. The third-order valence-electron chi connectivity index (χ3n) is 1.88. The molecule has 0 saturated heterocycles. The molecular weight excluding hydrogens is 234 g/mol. The Hall–Kier alpha value is -1.10. The van der Waals surface area contributed by atoms with Crippen LogP contribution in [0.15, 0.2) is 16.6 Å². The van der Waals surface area contributed by atoms with Crippen molar-refractivity contribution in [2.45, 2.75) is 0 Å². The molecule has 13 heavy (non-hydrogen) atoms. The van der Waals surface area contributed by atoms with E-state index in [-0.39, 0.29) is 0 Å². The Morgan fingerprint density at radius 1 is 1.46 bits per heavy atom. The standard InChI is InChI=1S/C8H8BrN3O/c1-12-7-3-5(9)8(13-2)4-6(7)10-11-12/h3-4H,1-2H3. The predicted molar refractivity (Wildman–Crippen MR) is 52.8 cm³/mol. The number of hydrogen-bond donors (Lipinski definition) is 0. The Balaban J connectivity index is 2.76. The van der Waals surface area contributed by atoms with Crippen molar-refractivity contribution in [3.05, 3.63) is 16.6 Å². The first-order chi connectivity index (χ1) is 6.22. The number of hydrogen-bond acceptors (Lipinski definition) is 3. The molecular formula is C8H8BrN3O. The highest BCUT2D eigenvalue weighted by Gasteiger charge is 2.06. The van der Waals surface area contributed by atoms with E-state index in [0.717, 1.165) is 21.3 Å². The minimum atomic E-state index is 0.771. The van der Waals surface area contributed by atoms with Crippen LogP contribution in [0.25, 0.3) is 11.0 Å². The Bertz CT molecular complexity index is 452. The summed E-state index contributed by atoms with van der Waals surface area (Å²) in [5.74, 6) is 0.771. The van der Waals surface area contributed by atoms with Crippen molar-refractivity contribution in [1.82, 2.24) is 15.0 Å². The molecule has 0 radical (unpaired) electrons. The summed E-state index contributed by atoms with van der Waals surface area (Å²) in [5.41, 5.74) is 1.82. The fraction of sp³-hybridized carbons (Fsp3) is 0.250. The second kappa shape index (κ2) is 2.99. The molecule has 0 aliphatic carbocycles. The van der Waals surface area contributed by atoms with E-state index in [2.05, 4.69) is 26.2 Å². The van der Waals surface area contributed by atoms with E-state index in [9.17, 15) is 0 Å². The first-order valence-electron chi connectivity index (χ1n) is 3.75. The van der Waals surface area contributed by atoms with Gasteiger partial charge in [0.1, 0.15) is 11.3 Å². The van der Waals surface area contributed by atoms with Crippen molar-refractivity contribution in [3.63, 3.8) is 0 Å². The lowest BCUT2D eigenvalue weighted by Crippen LogP contribution is -1.90. The normalized spacial score (nSPS) is 10.7. The van der Waals surface area contributed by atoms with Crippen LogP contribution in [-0.2, 0) is 7.05 Å². The summed E-state index contributed by atoms with van der Waals surface area (Å²) in [6.45, 7) is 0. The maximum Gasteiger partial charge on any atom is 0.135 e.